The third kappa shape index (κ3) is 3.31. The molecule has 0 bridgehead atoms. The minimum absolute atomic E-state index is 0.378. The van der Waals surface area contributed by atoms with E-state index in [1.807, 2.05) is 0 Å². The Bertz CT molecular complexity index is 642. The monoisotopic (exact) mass is 305 g/mol. The predicted molar refractivity (Wildman–Crippen MR) is 65.2 cm³/mol. The molecule has 1 rings (SSSR count). The summed E-state index contributed by atoms with van der Waals surface area (Å²) in [7, 11) is -2.20. The van der Waals surface area contributed by atoms with Gasteiger partial charge >= 0.3 is 11.9 Å². The van der Waals surface area contributed by atoms with Gasteiger partial charge in [-0.15, -0.1) is 0 Å². The molecule has 0 radical (unpaired) electrons. The van der Waals surface area contributed by atoms with Crippen LogP contribution < -0.4 is 0 Å². The Hall–Kier alpha value is -2.00. The molecule has 0 aliphatic carbocycles. The number of sulfonamides is 1. The largest absolute Gasteiger partial charge is 0.478 e. The van der Waals surface area contributed by atoms with E-state index in [0.29, 0.717) is 10.4 Å². The molecule has 0 saturated heterocycles. The van der Waals surface area contributed by atoms with Crippen LogP contribution in [-0.4, -0.2) is 50.5 Å². The lowest BCUT2D eigenvalue weighted by molar-refractivity contribution is -0.140. The van der Waals surface area contributed by atoms with Crippen LogP contribution in [0.3, 0.4) is 0 Å². The van der Waals surface area contributed by atoms with E-state index in [2.05, 4.69) is 4.74 Å². The highest BCUT2D eigenvalue weighted by Gasteiger charge is 2.27. The SMILES string of the molecule is COC(=O)CN(C)S(=O)(=O)c1cc(C(=O)O)ccc1F. The molecule has 0 amide bonds. The van der Waals surface area contributed by atoms with Crippen LogP contribution in [0.2, 0.25) is 0 Å². The molecule has 1 N–H and O–H groups in total. The molecule has 110 valence electrons. The van der Waals surface area contributed by atoms with Crippen LogP contribution in [0.25, 0.3) is 0 Å². The number of esters is 1. The smallest absolute Gasteiger partial charge is 0.335 e. The van der Waals surface area contributed by atoms with Crippen molar-refractivity contribution < 1.29 is 32.2 Å². The van der Waals surface area contributed by atoms with Crippen molar-refractivity contribution in [3.63, 3.8) is 0 Å². The van der Waals surface area contributed by atoms with Gasteiger partial charge in [0.1, 0.15) is 17.3 Å². The van der Waals surface area contributed by atoms with Crippen molar-refractivity contribution in [1.82, 2.24) is 4.31 Å². The molecule has 0 saturated carbocycles. The summed E-state index contributed by atoms with van der Waals surface area (Å²) < 4.78 is 42.6. The first-order chi connectivity index (χ1) is 9.20. The zero-order valence-electron chi connectivity index (χ0n) is 10.7. The number of benzene rings is 1. The number of rotatable bonds is 5. The predicted octanol–water partition coefficient (Wildman–Crippen LogP) is 0.317. The molecule has 0 unspecified atom stereocenters. The van der Waals surface area contributed by atoms with Gasteiger partial charge in [-0.05, 0) is 18.2 Å². The lowest BCUT2D eigenvalue weighted by Crippen LogP contribution is -2.33. The Morgan fingerprint density at radius 3 is 2.50 bits per heavy atom. The van der Waals surface area contributed by atoms with E-state index in [0.717, 1.165) is 26.3 Å². The zero-order chi connectivity index (χ0) is 15.5. The van der Waals surface area contributed by atoms with E-state index < -0.39 is 39.2 Å². The highest BCUT2D eigenvalue weighted by molar-refractivity contribution is 7.89. The second kappa shape index (κ2) is 5.97. The summed E-state index contributed by atoms with van der Waals surface area (Å²) in [6.07, 6.45) is 0. The molecule has 0 aliphatic rings. The van der Waals surface area contributed by atoms with Crippen LogP contribution in [0.5, 0.6) is 0 Å². The molecule has 0 heterocycles. The van der Waals surface area contributed by atoms with Crippen molar-refractivity contribution in [1.29, 1.82) is 0 Å². The van der Waals surface area contributed by atoms with Crippen molar-refractivity contribution >= 4 is 22.0 Å². The highest BCUT2D eigenvalue weighted by atomic mass is 32.2. The number of carbonyl (C=O) groups excluding carboxylic acids is 1. The minimum Gasteiger partial charge on any atom is -0.478 e. The summed E-state index contributed by atoms with van der Waals surface area (Å²) in [6.45, 7) is -0.616. The average Bonchev–Trinajstić information content (AvgIpc) is 2.38. The second-order valence-corrected chi connectivity index (χ2v) is 5.80. The fourth-order valence-electron chi connectivity index (χ4n) is 1.33. The maximum absolute atomic E-state index is 13.6. The number of hydrogen-bond donors (Lipinski definition) is 1. The number of carboxylic acid groups (broad SMARTS) is 1. The normalized spacial score (nSPS) is 11.4. The van der Waals surface area contributed by atoms with E-state index in [1.54, 1.807) is 0 Å². The van der Waals surface area contributed by atoms with Crippen molar-refractivity contribution in [2.45, 2.75) is 4.90 Å². The summed E-state index contributed by atoms with van der Waals surface area (Å²) in [6, 6.07) is 2.38. The van der Waals surface area contributed by atoms with Gasteiger partial charge in [-0.2, -0.15) is 4.31 Å². The molecule has 0 aliphatic heterocycles. The molecule has 20 heavy (non-hydrogen) atoms. The standard InChI is InChI=1S/C11H12FNO6S/c1-13(6-10(14)19-2)20(17,18)9-5-7(11(15)16)3-4-8(9)12/h3-5H,6H2,1-2H3,(H,15,16). The third-order valence-electron chi connectivity index (χ3n) is 2.45. The third-order valence-corrected chi connectivity index (χ3v) is 4.26. The Morgan fingerprint density at radius 1 is 1.40 bits per heavy atom. The number of carboxylic acids is 1. The summed E-state index contributed by atoms with van der Waals surface area (Å²) in [5.41, 5.74) is -0.378. The van der Waals surface area contributed by atoms with Crippen LogP contribution in [0.4, 0.5) is 4.39 Å². The molecule has 0 fully saturated rings. The molecule has 1 aromatic rings. The van der Waals surface area contributed by atoms with Crippen molar-refractivity contribution in [3.8, 4) is 0 Å². The van der Waals surface area contributed by atoms with E-state index in [4.69, 9.17) is 5.11 Å². The number of nitrogens with zero attached hydrogens (tertiary/aromatic N) is 1. The van der Waals surface area contributed by atoms with Crippen molar-refractivity contribution in [3.05, 3.63) is 29.6 Å². The second-order valence-electron chi connectivity index (χ2n) is 3.79. The van der Waals surface area contributed by atoms with Crippen LogP contribution in [0, 0.1) is 5.82 Å². The molecule has 0 spiro atoms. The van der Waals surface area contributed by atoms with Gasteiger partial charge in [0.2, 0.25) is 10.0 Å². The van der Waals surface area contributed by atoms with Crippen LogP contribution >= 0.6 is 0 Å². The van der Waals surface area contributed by atoms with Gasteiger partial charge in [-0.1, -0.05) is 0 Å². The highest BCUT2D eigenvalue weighted by Crippen LogP contribution is 2.20. The van der Waals surface area contributed by atoms with Crippen molar-refractivity contribution in [2.24, 2.45) is 0 Å². The number of halogens is 1. The first-order valence-corrected chi connectivity index (χ1v) is 6.70. The number of methoxy groups -OCH3 is 1. The fraction of sp³-hybridized carbons (Fsp3) is 0.273. The first kappa shape index (κ1) is 16.1. The lowest BCUT2D eigenvalue weighted by atomic mass is 10.2. The van der Waals surface area contributed by atoms with E-state index in [1.165, 1.54) is 0 Å². The Labute approximate surface area is 114 Å². The van der Waals surface area contributed by atoms with Gasteiger partial charge in [-0.3, -0.25) is 4.79 Å². The molecule has 9 heteroatoms. The number of ether oxygens (including phenoxy) is 1. The van der Waals surface area contributed by atoms with E-state index in [9.17, 15) is 22.4 Å². The van der Waals surface area contributed by atoms with Gasteiger partial charge in [0.05, 0.1) is 12.7 Å². The molecule has 7 nitrogen and oxygen atoms in total. The Kier molecular flexibility index (Phi) is 4.79. The van der Waals surface area contributed by atoms with Gasteiger partial charge in [0, 0.05) is 7.05 Å². The van der Waals surface area contributed by atoms with Crippen LogP contribution in [0.15, 0.2) is 23.1 Å². The van der Waals surface area contributed by atoms with E-state index in [-0.39, 0.29) is 5.56 Å². The molecule has 0 aromatic heterocycles. The zero-order valence-corrected chi connectivity index (χ0v) is 11.5. The molecular formula is C11H12FNO6S. The Morgan fingerprint density at radius 2 is 2.00 bits per heavy atom. The van der Waals surface area contributed by atoms with Crippen molar-refractivity contribution in [2.75, 3.05) is 20.7 Å². The number of carbonyl (C=O) groups is 2. The molecule has 0 atom stereocenters. The van der Waals surface area contributed by atoms with Gasteiger partial charge < -0.3 is 9.84 Å². The quantitative estimate of drug-likeness (QED) is 0.786. The summed E-state index contributed by atoms with van der Waals surface area (Å²) in [5, 5.41) is 8.78. The van der Waals surface area contributed by atoms with Gasteiger partial charge in [0.25, 0.3) is 0 Å². The number of hydrogen-bond acceptors (Lipinski definition) is 5. The average molecular weight is 305 g/mol. The number of aromatic carboxylic acids is 1. The Balaban J connectivity index is 3.24. The van der Waals surface area contributed by atoms with Gasteiger partial charge in [-0.25, -0.2) is 17.6 Å². The molecule has 1 aromatic carbocycles. The molecular weight excluding hydrogens is 293 g/mol. The van der Waals surface area contributed by atoms with Crippen LogP contribution in [0.1, 0.15) is 10.4 Å². The first-order valence-electron chi connectivity index (χ1n) is 5.26. The maximum Gasteiger partial charge on any atom is 0.335 e. The summed E-state index contributed by atoms with van der Waals surface area (Å²) in [5.74, 6) is -3.32. The summed E-state index contributed by atoms with van der Waals surface area (Å²) >= 11 is 0. The van der Waals surface area contributed by atoms with E-state index >= 15 is 0 Å². The maximum atomic E-state index is 13.6. The lowest BCUT2D eigenvalue weighted by Gasteiger charge is -2.16. The minimum atomic E-state index is -4.34. The van der Waals surface area contributed by atoms with Gasteiger partial charge in [0.15, 0.2) is 0 Å². The fourth-order valence-corrected chi connectivity index (χ4v) is 2.53. The topological polar surface area (TPSA) is 101 Å². The van der Waals surface area contributed by atoms with Crippen LogP contribution in [-0.2, 0) is 19.6 Å². The summed E-state index contributed by atoms with van der Waals surface area (Å²) in [4.78, 5) is 21.0. The number of likely N-dealkylation sites (N-methyl/N-ethyl adjacent to an activating group) is 1.